The van der Waals surface area contributed by atoms with E-state index in [9.17, 15) is 14.4 Å². The van der Waals surface area contributed by atoms with Crippen LogP contribution in [-0.4, -0.2) is 74.7 Å². The van der Waals surface area contributed by atoms with E-state index in [-0.39, 0.29) is 31.3 Å². The molecule has 0 bridgehead atoms. The van der Waals surface area contributed by atoms with Crippen LogP contribution < -0.4 is 15.6 Å². The summed E-state index contributed by atoms with van der Waals surface area (Å²) in [5, 5.41) is 0. The number of methoxy groups -OCH3 is 1. The summed E-state index contributed by atoms with van der Waals surface area (Å²) >= 11 is 1.68. The third kappa shape index (κ3) is 5.51. The standard InChI is InChI=1S/C29H30FN3O8S/c1-37-8-9-39-29(36)41-16-40-27-23(34)13-22(33-26(27)28(35)32-6-7-38-14-25(32)31-33)21-12-19(30)10-18-15-42-24-5-3-2-4-17(24)11-20(18)21/h3,5,10,12-13,25,31H,2,4,6-9,11,14-16H2,1H3/t25-/m0/s1. The molecule has 0 saturated carbocycles. The summed E-state index contributed by atoms with van der Waals surface area (Å²) < 4.78 is 42.4. The van der Waals surface area contributed by atoms with Crippen molar-refractivity contribution in [3.05, 3.63) is 73.7 Å². The van der Waals surface area contributed by atoms with Crippen molar-refractivity contribution in [1.29, 1.82) is 0 Å². The second-order valence-electron chi connectivity index (χ2n) is 10.1. The number of thioether (sulfide) groups is 1. The lowest BCUT2D eigenvalue weighted by atomic mass is 9.90. The van der Waals surface area contributed by atoms with Crippen molar-refractivity contribution in [3.8, 4) is 17.0 Å². The Morgan fingerprint density at radius 2 is 2.10 bits per heavy atom. The summed E-state index contributed by atoms with van der Waals surface area (Å²) in [6.45, 7) is 0.363. The van der Waals surface area contributed by atoms with Gasteiger partial charge in [-0.3, -0.25) is 9.59 Å². The van der Waals surface area contributed by atoms with Gasteiger partial charge in [-0.1, -0.05) is 17.7 Å². The van der Waals surface area contributed by atoms with E-state index >= 15 is 4.39 Å². The minimum atomic E-state index is -1.01. The summed E-state index contributed by atoms with van der Waals surface area (Å²) in [5.74, 6) is -0.617. The summed E-state index contributed by atoms with van der Waals surface area (Å²) in [4.78, 5) is 42.0. The van der Waals surface area contributed by atoms with Gasteiger partial charge in [0.2, 0.25) is 18.0 Å². The molecule has 1 amide bonds. The van der Waals surface area contributed by atoms with Gasteiger partial charge in [0.25, 0.3) is 5.91 Å². The lowest BCUT2D eigenvalue weighted by Gasteiger charge is -2.42. The van der Waals surface area contributed by atoms with Crippen molar-refractivity contribution < 1.29 is 37.7 Å². The third-order valence-electron chi connectivity index (χ3n) is 7.52. The Labute approximate surface area is 245 Å². The van der Waals surface area contributed by atoms with Crippen molar-refractivity contribution in [2.75, 3.05) is 52.3 Å². The van der Waals surface area contributed by atoms with E-state index in [1.165, 1.54) is 34.4 Å². The molecule has 6 rings (SSSR count). The fourth-order valence-corrected chi connectivity index (χ4v) is 6.66. The Kier molecular flexibility index (Phi) is 8.22. The SMILES string of the molecule is COCCOC(=O)OCOc1c2n(c(-c3cc(F)cc4c3CC3=C(C=CCC3)SC4)cc1=O)N[C@@H]1COCCN1C2=O. The first-order valence-corrected chi connectivity index (χ1v) is 14.6. The van der Waals surface area contributed by atoms with Crippen LogP contribution in [0.3, 0.4) is 0 Å². The third-order valence-corrected chi connectivity index (χ3v) is 8.71. The van der Waals surface area contributed by atoms with E-state index in [0.29, 0.717) is 36.6 Å². The molecule has 2 aromatic rings. The average Bonchev–Trinajstić information content (AvgIpc) is 3.17. The molecule has 4 aliphatic rings. The zero-order chi connectivity index (χ0) is 29.2. The number of hydrogen-bond donors (Lipinski definition) is 1. The fraction of sp³-hybridized carbons (Fsp3) is 0.414. The van der Waals surface area contributed by atoms with Crippen LogP contribution >= 0.6 is 11.8 Å². The Morgan fingerprint density at radius 3 is 2.95 bits per heavy atom. The van der Waals surface area contributed by atoms with Gasteiger partial charge in [0.1, 0.15) is 18.6 Å². The van der Waals surface area contributed by atoms with Crippen molar-refractivity contribution in [2.45, 2.75) is 31.2 Å². The maximum Gasteiger partial charge on any atom is 0.511 e. The largest absolute Gasteiger partial charge is 0.511 e. The molecule has 42 heavy (non-hydrogen) atoms. The van der Waals surface area contributed by atoms with Gasteiger partial charge in [-0.25, -0.2) is 13.9 Å². The average molecular weight is 600 g/mol. The molecule has 1 atom stereocenters. The summed E-state index contributed by atoms with van der Waals surface area (Å²) in [5.41, 5.74) is 6.44. The minimum Gasteiger partial charge on any atom is -0.451 e. The highest BCUT2D eigenvalue weighted by Crippen LogP contribution is 2.41. The number of aromatic nitrogens is 1. The lowest BCUT2D eigenvalue weighted by Crippen LogP contribution is -2.59. The molecule has 1 saturated heterocycles. The van der Waals surface area contributed by atoms with Crippen LogP contribution in [0.25, 0.3) is 11.3 Å². The normalized spacial score (nSPS) is 19.1. The number of nitrogens with zero attached hydrogens (tertiary/aromatic N) is 2. The van der Waals surface area contributed by atoms with Gasteiger partial charge in [-0.2, -0.15) is 0 Å². The second kappa shape index (κ2) is 12.2. The molecule has 1 fully saturated rings. The zero-order valence-electron chi connectivity index (χ0n) is 23.0. The topological polar surface area (TPSA) is 118 Å². The van der Waals surface area contributed by atoms with Gasteiger partial charge >= 0.3 is 6.16 Å². The van der Waals surface area contributed by atoms with E-state index in [1.54, 1.807) is 22.7 Å². The van der Waals surface area contributed by atoms with Gasteiger partial charge < -0.3 is 34.0 Å². The number of rotatable bonds is 7. The number of fused-ring (bicyclic) bond motifs is 3. The molecule has 1 aromatic heterocycles. The Balaban J connectivity index is 1.42. The van der Waals surface area contributed by atoms with Crippen molar-refractivity contribution >= 4 is 23.8 Å². The molecule has 1 aromatic carbocycles. The number of carbonyl (C=O) groups excluding carboxylic acids is 2. The first kappa shape index (κ1) is 28.3. The Bertz CT molecular complexity index is 1540. The number of halogens is 1. The maximum absolute atomic E-state index is 15.1. The van der Waals surface area contributed by atoms with Crippen LogP contribution in [0.1, 0.15) is 34.5 Å². The number of hydrogen-bond acceptors (Lipinski definition) is 10. The van der Waals surface area contributed by atoms with E-state index in [4.69, 9.17) is 23.7 Å². The van der Waals surface area contributed by atoms with Crippen molar-refractivity contribution in [3.63, 3.8) is 0 Å². The first-order chi connectivity index (χ1) is 20.4. The zero-order valence-corrected chi connectivity index (χ0v) is 23.8. The van der Waals surface area contributed by atoms with E-state index in [0.717, 1.165) is 24.0 Å². The van der Waals surface area contributed by atoms with Gasteiger partial charge in [0.15, 0.2) is 5.69 Å². The molecule has 1 N–H and O–H groups in total. The molecule has 4 heterocycles. The van der Waals surface area contributed by atoms with Crippen LogP contribution in [0.4, 0.5) is 9.18 Å². The predicted molar refractivity (Wildman–Crippen MR) is 151 cm³/mol. The van der Waals surface area contributed by atoms with Crippen LogP contribution in [-0.2, 0) is 31.1 Å². The molecular formula is C29H30FN3O8S. The highest BCUT2D eigenvalue weighted by atomic mass is 32.2. The molecular weight excluding hydrogens is 569 g/mol. The van der Waals surface area contributed by atoms with Gasteiger partial charge in [0, 0.05) is 35.9 Å². The number of carbonyl (C=O) groups is 2. The number of allylic oxidation sites excluding steroid dienone is 3. The van der Waals surface area contributed by atoms with Gasteiger partial charge in [-0.15, -0.1) is 11.8 Å². The Hall–Kier alpha value is -3.81. The maximum atomic E-state index is 15.1. The van der Waals surface area contributed by atoms with Crippen LogP contribution in [0, 0.1) is 5.82 Å². The monoisotopic (exact) mass is 599 g/mol. The quantitative estimate of drug-likeness (QED) is 0.288. The van der Waals surface area contributed by atoms with Gasteiger partial charge in [-0.05, 0) is 42.5 Å². The molecule has 0 unspecified atom stereocenters. The summed E-state index contributed by atoms with van der Waals surface area (Å²) in [7, 11) is 1.46. The molecule has 222 valence electrons. The van der Waals surface area contributed by atoms with E-state index in [2.05, 4.69) is 17.6 Å². The second-order valence-corrected chi connectivity index (χ2v) is 11.1. The first-order valence-electron chi connectivity index (χ1n) is 13.6. The predicted octanol–water partition coefficient (Wildman–Crippen LogP) is 3.54. The molecule has 13 heteroatoms. The number of benzene rings is 1. The van der Waals surface area contributed by atoms with Crippen molar-refractivity contribution in [2.24, 2.45) is 0 Å². The van der Waals surface area contributed by atoms with Gasteiger partial charge in [0.05, 0.1) is 25.5 Å². The van der Waals surface area contributed by atoms with Crippen molar-refractivity contribution in [1.82, 2.24) is 9.58 Å². The number of ether oxygens (including phenoxy) is 5. The Morgan fingerprint density at radius 1 is 1.21 bits per heavy atom. The van der Waals surface area contributed by atoms with Crippen LogP contribution in [0.2, 0.25) is 0 Å². The molecule has 1 aliphatic carbocycles. The molecule has 11 nitrogen and oxygen atoms in total. The molecule has 0 spiro atoms. The molecule has 3 aliphatic heterocycles. The van der Waals surface area contributed by atoms with Crippen LogP contribution in [0.5, 0.6) is 5.75 Å². The number of pyridine rings is 1. The highest BCUT2D eigenvalue weighted by Gasteiger charge is 2.39. The number of morpholine rings is 1. The van der Waals surface area contributed by atoms with E-state index < -0.39 is 36.3 Å². The van der Waals surface area contributed by atoms with Crippen LogP contribution in [0.15, 0.2) is 45.6 Å². The van der Waals surface area contributed by atoms with E-state index in [1.807, 2.05) is 0 Å². The highest BCUT2D eigenvalue weighted by molar-refractivity contribution is 8.02. The summed E-state index contributed by atoms with van der Waals surface area (Å²) in [6, 6.07) is 4.27. The molecule has 0 radical (unpaired) electrons. The number of nitrogens with one attached hydrogen (secondary N) is 1. The minimum absolute atomic E-state index is 0.0198. The number of amides is 1. The fourth-order valence-electron chi connectivity index (χ4n) is 5.53. The summed E-state index contributed by atoms with van der Waals surface area (Å²) in [6.07, 6.45) is 5.18. The smallest absolute Gasteiger partial charge is 0.451 e. The lowest BCUT2D eigenvalue weighted by molar-refractivity contribution is -0.00905.